The van der Waals surface area contributed by atoms with Gasteiger partial charge < -0.3 is 39.1 Å². The SMILES string of the molecule is COCOC(C)(C)CCOC(C)(C)CCNC(=O)CCCCCCC(=O)NCCC(C)(C)OCCC(C)(C)OCOC(C)C. The molecule has 10 nitrogen and oxygen atoms in total. The summed E-state index contributed by atoms with van der Waals surface area (Å²) in [7, 11) is 1.61. The van der Waals surface area contributed by atoms with Gasteiger partial charge in [-0.15, -0.1) is 0 Å². The van der Waals surface area contributed by atoms with Crippen LogP contribution in [0.25, 0.3) is 0 Å². The second-order valence-electron chi connectivity index (χ2n) is 14.4. The molecule has 10 heteroatoms. The van der Waals surface area contributed by atoms with Crippen LogP contribution in [0.4, 0.5) is 0 Å². The van der Waals surface area contributed by atoms with E-state index in [1.807, 2.05) is 69.2 Å². The Hall–Kier alpha value is -1.30. The molecule has 0 saturated carbocycles. The highest BCUT2D eigenvalue weighted by Gasteiger charge is 2.24. The lowest BCUT2D eigenvalue weighted by atomic mass is 10.0. The van der Waals surface area contributed by atoms with Gasteiger partial charge in [0.25, 0.3) is 0 Å². The summed E-state index contributed by atoms with van der Waals surface area (Å²) in [4.78, 5) is 24.5. The van der Waals surface area contributed by atoms with Crippen LogP contribution >= 0.6 is 0 Å². The van der Waals surface area contributed by atoms with Crippen molar-refractivity contribution < 1.29 is 38.0 Å². The number of amides is 2. The minimum absolute atomic E-state index is 0.0636. The molecule has 0 aromatic carbocycles. The van der Waals surface area contributed by atoms with E-state index < -0.39 is 0 Å². The van der Waals surface area contributed by atoms with Gasteiger partial charge in [-0.05, 0) is 108 Å². The van der Waals surface area contributed by atoms with Crippen LogP contribution in [0.3, 0.4) is 0 Å². The monoisotopic (exact) mass is 632 g/mol. The molecule has 0 rings (SSSR count). The molecule has 0 radical (unpaired) electrons. The Balaban J connectivity index is 3.89. The number of methoxy groups -OCH3 is 1. The van der Waals surface area contributed by atoms with Crippen molar-refractivity contribution in [3.63, 3.8) is 0 Å². The van der Waals surface area contributed by atoms with E-state index in [1.54, 1.807) is 7.11 Å². The van der Waals surface area contributed by atoms with Crippen molar-refractivity contribution >= 4 is 11.8 Å². The topological polar surface area (TPSA) is 114 Å². The number of carbonyl (C=O) groups excluding carboxylic acids is 2. The standard InChI is InChI=1S/C34H68N2O8/c1-28(2)40-27-44-34(9,10)21-25-42-32(5,6)19-23-36-30(38)17-15-13-12-14-16-29(37)35-22-18-31(3,4)41-24-20-33(7,8)43-26-39-11/h28H,12-27H2,1-11H3,(H,35,37)(H,36,38). The number of unbranched alkanes of at least 4 members (excludes halogenated alkanes) is 3. The summed E-state index contributed by atoms with van der Waals surface area (Å²) in [5.41, 5.74) is -1.30. The first kappa shape index (κ1) is 42.7. The largest absolute Gasteiger partial charge is 0.375 e. The first-order valence-electron chi connectivity index (χ1n) is 16.6. The minimum Gasteiger partial charge on any atom is -0.375 e. The summed E-state index contributed by atoms with van der Waals surface area (Å²) in [6, 6.07) is 0. The molecule has 0 aliphatic rings. The minimum atomic E-state index is -0.335. The third kappa shape index (κ3) is 26.0. The van der Waals surface area contributed by atoms with E-state index in [2.05, 4.69) is 10.6 Å². The molecule has 0 aliphatic carbocycles. The van der Waals surface area contributed by atoms with Crippen LogP contribution in [0.2, 0.25) is 0 Å². The lowest BCUT2D eigenvalue weighted by molar-refractivity contribution is -0.154. The van der Waals surface area contributed by atoms with Gasteiger partial charge in [-0.25, -0.2) is 0 Å². The molecule has 0 aromatic rings. The van der Waals surface area contributed by atoms with Gasteiger partial charge >= 0.3 is 0 Å². The van der Waals surface area contributed by atoms with Crippen LogP contribution in [0, 0.1) is 0 Å². The van der Waals surface area contributed by atoms with Gasteiger partial charge in [-0.1, -0.05) is 12.8 Å². The van der Waals surface area contributed by atoms with Crippen LogP contribution in [0.15, 0.2) is 0 Å². The van der Waals surface area contributed by atoms with Crippen molar-refractivity contribution in [3.8, 4) is 0 Å². The average molecular weight is 633 g/mol. The maximum absolute atomic E-state index is 12.3. The molecule has 2 N–H and O–H groups in total. The first-order valence-corrected chi connectivity index (χ1v) is 16.6. The van der Waals surface area contributed by atoms with Crippen molar-refractivity contribution in [2.24, 2.45) is 0 Å². The van der Waals surface area contributed by atoms with E-state index in [0.29, 0.717) is 39.1 Å². The zero-order valence-electron chi connectivity index (χ0n) is 30.2. The number of carbonyl (C=O) groups is 2. The second-order valence-corrected chi connectivity index (χ2v) is 14.4. The predicted molar refractivity (Wildman–Crippen MR) is 176 cm³/mol. The maximum atomic E-state index is 12.3. The highest BCUT2D eigenvalue weighted by molar-refractivity contribution is 5.76. The number of hydrogen-bond donors (Lipinski definition) is 2. The fourth-order valence-corrected chi connectivity index (χ4v) is 4.09. The first-order chi connectivity index (χ1) is 20.4. The van der Waals surface area contributed by atoms with E-state index in [4.69, 9.17) is 28.4 Å². The molecular formula is C34H68N2O8. The number of ether oxygens (including phenoxy) is 6. The van der Waals surface area contributed by atoms with Gasteiger partial charge in [0.15, 0.2) is 0 Å². The van der Waals surface area contributed by atoms with Gasteiger partial charge in [-0.2, -0.15) is 0 Å². The maximum Gasteiger partial charge on any atom is 0.219 e. The van der Waals surface area contributed by atoms with E-state index in [-0.39, 0.29) is 53.9 Å². The van der Waals surface area contributed by atoms with E-state index in [9.17, 15) is 9.59 Å². The van der Waals surface area contributed by atoms with Gasteiger partial charge in [0.2, 0.25) is 11.8 Å². The Labute approximate surface area is 269 Å². The lowest BCUT2D eigenvalue weighted by Gasteiger charge is -2.30. The Kier molecular flexibility index (Phi) is 21.6. The summed E-state index contributed by atoms with van der Waals surface area (Å²) in [5, 5.41) is 6.01. The van der Waals surface area contributed by atoms with Crippen molar-refractivity contribution in [1.82, 2.24) is 10.6 Å². The molecule has 0 saturated heterocycles. The lowest BCUT2D eigenvalue weighted by Crippen LogP contribution is -2.35. The molecule has 0 aromatic heterocycles. The third-order valence-corrected chi connectivity index (χ3v) is 7.47. The van der Waals surface area contributed by atoms with Crippen LogP contribution in [-0.2, 0) is 38.0 Å². The summed E-state index contributed by atoms with van der Waals surface area (Å²) >= 11 is 0. The summed E-state index contributed by atoms with van der Waals surface area (Å²) in [6.07, 6.45) is 7.63. The van der Waals surface area contributed by atoms with Gasteiger partial charge in [0.1, 0.15) is 13.6 Å². The predicted octanol–water partition coefficient (Wildman–Crippen LogP) is 6.29. The molecule has 0 fully saturated rings. The molecular weight excluding hydrogens is 564 g/mol. The third-order valence-electron chi connectivity index (χ3n) is 7.47. The highest BCUT2D eigenvalue weighted by atomic mass is 16.7. The zero-order chi connectivity index (χ0) is 33.7. The Morgan fingerprint density at radius 1 is 0.568 bits per heavy atom. The highest BCUT2D eigenvalue weighted by Crippen LogP contribution is 2.21. The van der Waals surface area contributed by atoms with Crippen LogP contribution in [0.1, 0.15) is 133 Å². The summed E-state index contributed by atoms with van der Waals surface area (Å²) in [6.45, 7) is 23.1. The molecule has 262 valence electrons. The number of nitrogens with one attached hydrogen (secondary N) is 2. The molecule has 2 amide bonds. The van der Waals surface area contributed by atoms with Gasteiger partial charge in [0, 0.05) is 33.0 Å². The quantitative estimate of drug-likeness (QED) is 0.0765. The fourth-order valence-electron chi connectivity index (χ4n) is 4.09. The molecule has 0 heterocycles. The van der Waals surface area contributed by atoms with Crippen LogP contribution in [0.5, 0.6) is 0 Å². The molecule has 0 bridgehead atoms. The van der Waals surface area contributed by atoms with E-state index >= 15 is 0 Å². The Bertz CT molecular complexity index is 768. The zero-order valence-corrected chi connectivity index (χ0v) is 30.2. The molecule has 0 unspecified atom stereocenters. The summed E-state index contributed by atoms with van der Waals surface area (Å²) < 4.78 is 34.0. The average Bonchev–Trinajstić information content (AvgIpc) is 2.88. The van der Waals surface area contributed by atoms with Crippen molar-refractivity contribution in [1.29, 1.82) is 0 Å². The van der Waals surface area contributed by atoms with Gasteiger partial charge in [-0.3, -0.25) is 9.59 Å². The van der Waals surface area contributed by atoms with Crippen molar-refractivity contribution in [2.45, 2.75) is 162 Å². The molecule has 0 atom stereocenters. The Morgan fingerprint density at radius 3 is 1.34 bits per heavy atom. The normalized spacial score (nSPS) is 13.0. The van der Waals surface area contributed by atoms with Crippen molar-refractivity contribution in [2.75, 3.05) is 47.0 Å². The number of hydrogen-bond acceptors (Lipinski definition) is 8. The van der Waals surface area contributed by atoms with E-state index in [0.717, 1.165) is 51.4 Å². The van der Waals surface area contributed by atoms with Crippen molar-refractivity contribution in [3.05, 3.63) is 0 Å². The molecule has 0 spiro atoms. The second kappa shape index (κ2) is 22.3. The number of rotatable bonds is 28. The molecule has 0 aliphatic heterocycles. The summed E-state index contributed by atoms with van der Waals surface area (Å²) in [5.74, 6) is 0.128. The van der Waals surface area contributed by atoms with Crippen LogP contribution < -0.4 is 10.6 Å². The van der Waals surface area contributed by atoms with E-state index in [1.165, 1.54) is 0 Å². The Morgan fingerprint density at radius 2 is 0.955 bits per heavy atom. The van der Waals surface area contributed by atoms with Crippen LogP contribution in [-0.4, -0.2) is 87.3 Å². The molecule has 44 heavy (non-hydrogen) atoms. The van der Waals surface area contributed by atoms with Gasteiger partial charge in [0.05, 0.1) is 41.7 Å². The smallest absolute Gasteiger partial charge is 0.219 e. The fraction of sp³-hybridized carbons (Fsp3) is 0.941.